The van der Waals surface area contributed by atoms with Crippen LogP contribution in [0.3, 0.4) is 0 Å². The van der Waals surface area contributed by atoms with Gasteiger partial charge in [-0.05, 0) is 77.6 Å². The van der Waals surface area contributed by atoms with E-state index in [9.17, 15) is 9.59 Å². The summed E-state index contributed by atoms with van der Waals surface area (Å²) in [6.07, 6.45) is 1.43. The van der Waals surface area contributed by atoms with Gasteiger partial charge in [-0.1, -0.05) is 45.9 Å². The van der Waals surface area contributed by atoms with Crippen molar-refractivity contribution in [2.75, 3.05) is 33.9 Å². The molecule has 210 valence electrons. The van der Waals surface area contributed by atoms with Crippen molar-refractivity contribution in [3.63, 3.8) is 0 Å². The monoisotopic (exact) mass is 550 g/mol. The van der Waals surface area contributed by atoms with Crippen molar-refractivity contribution < 1.29 is 19.1 Å². The molecule has 0 fully saturated rings. The van der Waals surface area contributed by atoms with Crippen LogP contribution in [0.5, 0.6) is 11.5 Å². The fraction of sp³-hybridized carbons (Fsp3) is 0.438. The van der Waals surface area contributed by atoms with Gasteiger partial charge in [0.15, 0.2) is 11.5 Å². The number of amides is 2. The van der Waals surface area contributed by atoms with Crippen molar-refractivity contribution in [3.05, 3.63) is 81.0 Å². The normalized spacial score (nSPS) is 11.3. The van der Waals surface area contributed by atoms with Crippen LogP contribution < -0.4 is 9.47 Å². The summed E-state index contributed by atoms with van der Waals surface area (Å²) in [6, 6.07) is 15.7. The highest BCUT2D eigenvalue weighted by molar-refractivity contribution is 7.10. The Morgan fingerprint density at radius 3 is 2.15 bits per heavy atom. The molecule has 0 spiro atoms. The number of benzene rings is 2. The molecule has 0 unspecified atom stereocenters. The summed E-state index contributed by atoms with van der Waals surface area (Å²) in [4.78, 5) is 31.9. The molecular weight excluding hydrogens is 508 g/mol. The molecule has 1 heterocycles. The average Bonchev–Trinajstić information content (AvgIpc) is 3.33. The molecule has 2 aromatic carbocycles. The van der Waals surface area contributed by atoms with Crippen LogP contribution in [0.4, 0.5) is 0 Å². The summed E-state index contributed by atoms with van der Waals surface area (Å²) < 4.78 is 10.8. The lowest BCUT2D eigenvalue weighted by Crippen LogP contribution is -2.43. The van der Waals surface area contributed by atoms with Gasteiger partial charge in [-0.3, -0.25) is 9.59 Å². The molecule has 0 saturated heterocycles. The number of methoxy groups -OCH3 is 2. The van der Waals surface area contributed by atoms with E-state index in [1.165, 1.54) is 11.1 Å². The second kappa shape index (κ2) is 13.7. The molecule has 6 nitrogen and oxygen atoms in total. The summed E-state index contributed by atoms with van der Waals surface area (Å²) in [7, 11) is 3.23. The molecule has 7 heteroatoms. The molecule has 1 aromatic heterocycles. The minimum atomic E-state index is -0.113. The lowest BCUT2D eigenvalue weighted by molar-refractivity contribution is -0.132. The van der Waals surface area contributed by atoms with Crippen LogP contribution in [0, 0.1) is 6.92 Å². The van der Waals surface area contributed by atoms with Gasteiger partial charge in [-0.15, -0.1) is 11.3 Å². The minimum Gasteiger partial charge on any atom is -0.493 e. The molecule has 2 amide bonds. The van der Waals surface area contributed by atoms with Gasteiger partial charge in [0, 0.05) is 23.5 Å². The third kappa shape index (κ3) is 8.09. The third-order valence-corrected chi connectivity index (χ3v) is 7.89. The van der Waals surface area contributed by atoms with Crippen molar-refractivity contribution >= 4 is 23.2 Å². The highest BCUT2D eigenvalue weighted by Crippen LogP contribution is 2.28. The Bertz CT molecular complexity index is 1240. The SMILES string of the molecule is CCCN(CC(=O)N(CCc1ccc(OC)c(OC)c1)Cc1sccc1C)C(=O)c1ccc(C(C)(C)C)cc1. The topological polar surface area (TPSA) is 59.1 Å². The number of ether oxygens (including phenoxy) is 2. The number of rotatable bonds is 12. The van der Waals surface area contributed by atoms with Gasteiger partial charge >= 0.3 is 0 Å². The number of hydrogen-bond acceptors (Lipinski definition) is 5. The van der Waals surface area contributed by atoms with Gasteiger partial charge in [-0.25, -0.2) is 0 Å². The van der Waals surface area contributed by atoms with E-state index in [2.05, 4.69) is 39.1 Å². The standard InChI is InChI=1S/C32H42N2O4S/c1-8-17-34(31(36)25-10-12-26(13-11-25)32(3,4)5)22-30(35)33(21-29-23(2)16-19-39-29)18-15-24-9-14-27(37-6)28(20-24)38-7/h9-14,16,19-20H,8,15,17-18,21-22H2,1-7H3. The first-order valence-corrected chi connectivity index (χ1v) is 14.4. The number of hydrogen-bond donors (Lipinski definition) is 0. The number of carbonyl (C=O) groups excluding carboxylic acids is 2. The molecule has 0 aliphatic carbocycles. The molecule has 39 heavy (non-hydrogen) atoms. The van der Waals surface area contributed by atoms with E-state index in [1.807, 2.05) is 54.3 Å². The summed E-state index contributed by atoms with van der Waals surface area (Å²) in [6.45, 7) is 12.2. The largest absolute Gasteiger partial charge is 0.493 e. The number of thiophene rings is 1. The highest BCUT2D eigenvalue weighted by Gasteiger charge is 2.23. The van der Waals surface area contributed by atoms with Crippen molar-refractivity contribution in [1.29, 1.82) is 0 Å². The lowest BCUT2D eigenvalue weighted by atomic mass is 9.86. The molecular formula is C32H42N2O4S. The van der Waals surface area contributed by atoms with Crippen LogP contribution in [-0.4, -0.2) is 55.5 Å². The molecule has 0 aliphatic rings. The van der Waals surface area contributed by atoms with Crippen molar-refractivity contribution in [1.82, 2.24) is 9.80 Å². The molecule has 0 atom stereocenters. The number of carbonyl (C=O) groups is 2. The molecule has 0 N–H and O–H groups in total. The van der Waals surface area contributed by atoms with E-state index in [-0.39, 0.29) is 23.8 Å². The molecule has 0 bridgehead atoms. The smallest absolute Gasteiger partial charge is 0.254 e. The molecule has 0 aliphatic heterocycles. The first-order valence-electron chi connectivity index (χ1n) is 13.5. The second-order valence-electron chi connectivity index (χ2n) is 10.8. The Morgan fingerprint density at radius 1 is 0.897 bits per heavy atom. The van der Waals surface area contributed by atoms with Crippen LogP contribution in [-0.2, 0) is 23.2 Å². The van der Waals surface area contributed by atoms with Crippen LogP contribution in [0.15, 0.2) is 53.9 Å². The highest BCUT2D eigenvalue weighted by atomic mass is 32.1. The van der Waals surface area contributed by atoms with E-state index in [4.69, 9.17) is 9.47 Å². The Hall–Kier alpha value is -3.32. The third-order valence-electron chi connectivity index (χ3n) is 6.88. The van der Waals surface area contributed by atoms with Gasteiger partial charge < -0.3 is 19.3 Å². The fourth-order valence-corrected chi connectivity index (χ4v) is 5.33. The zero-order chi connectivity index (χ0) is 28.6. The first-order chi connectivity index (χ1) is 18.6. The quantitative estimate of drug-likeness (QED) is 0.258. The van der Waals surface area contributed by atoms with Crippen molar-refractivity contribution in [2.24, 2.45) is 0 Å². The van der Waals surface area contributed by atoms with Crippen LogP contribution in [0.25, 0.3) is 0 Å². The lowest BCUT2D eigenvalue weighted by Gasteiger charge is -2.28. The van der Waals surface area contributed by atoms with E-state index in [0.717, 1.165) is 16.9 Å². The second-order valence-corrected chi connectivity index (χ2v) is 11.8. The van der Waals surface area contributed by atoms with Gasteiger partial charge in [0.25, 0.3) is 5.91 Å². The first kappa shape index (κ1) is 30.2. The van der Waals surface area contributed by atoms with Crippen LogP contribution >= 0.6 is 11.3 Å². The van der Waals surface area contributed by atoms with Crippen LogP contribution in [0.2, 0.25) is 0 Å². The Balaban J connectivity index is 1.79. The van der Waals surface area contributed by atoms with Gasteiger partial charge in [0.1, 0.15) is 6.54 Å². The maximum absolute atomic E-state index is 13.7. The van der Waals surface area contributed by atoms with E-state index in [0.29, 0.717) is 43.1 Å². The predicted molar refractivity (Wildman–Crippen MR) is 159 cm³/mol. The van der Waals surface area contributed by atoms with Gasteiger partial charge in [0.2, 0.25) is 5.91 Å². The molecule has 3 aromatic rings. The Kier molecular flexibility index (Phi) is 10.6. The average molecular weight is 551 g/mol. The predicted octanol–water partition coefficient (Wildman–Crippen LogP) is 6.49. The van der Waals surface area contributed by atoms with E-state index >= 15 is 0 Å². The number of aryl methyl sites for hydroxylation is 1. The van der Waals surface area contributed by atoms with Crippen LogP contribution in [0.1, 0.15) is 66.0 Å². The van der Waals surface area contributed by atoms with Crippen molar-refractivity contribution in [3.8, 4) is 11.5 Å². The van der Waals surface area contributed by atoms with E-state index < -0.39 is 0 Å². The molecule has 3 rings (SSSR count). The minimum absolute atomic E-state index is 0.00891. The molecule has 0 saturated carbocycles. The summed E-state index contributed by atoms with van der Waals surface area (Å²) in [5.74, 6) is 1.17. The maximum Gasteiger partial charge on any atom is 0.254 e. The molecule has 0 radical (unpaired) electrons. The number of nitrogens with zero attached hydrogens (tertiary/aromatic N) is 2. The zero-order valence-electron chi connectivity index (χ0n) is 24.4. The van der Waals surface area contributed by atoms with E-state index in [1.54, 1.807) is 30.5 Å². The Labute approximate surface area is 237 Å². The van der Waals surface area contributed by atoms with Crippen molar-refractivity contribution in [2.45, 2.75) is 59.4 Å². The van der Waals surface area contributed by atoms with Gasteiger partial charge in [-0.2, -0.15) is 0 Å². The maximum atomic E-state index is 13.7. The Morgan fingerprint density at radius 2 is 1.59 bits per heavy atom. The van der Waals surface area contributed by atoms with Gasteiger partial charge in [0.05, 0.1) is 20.8 Å². The summed E-state index contributed by atoms with van der Waals surface area (Å²) in [5, 5.41) is 2.05. The summed E-state index contributed by atoms with van der Waals surface area (Å²) in [5.41, 5.74) is 4.01. The summed E-state index contributed by atoms with van der Waals surface area (Å²) >= 11 is 1.65. The zero-order valence-corrected chi connectivity index (χ0v) is 25.2. The fourth-order valence-electron chi connectivity index (χ4n) is 4.41.